The summed E-state index contributed by atoms with van der Waals surface area (Å²) in [6, 6.07) is 0. The van der Waals surface area contributed by atoms with Crippen LogP contribution in [0.2, 0.25) is 0 Å². The van der Waals surface area contributed by atoms with Crippen molar-refractivity contribution in [3.8, 4) is 0 Å². The molecule has 0 saturated heterocycles. The Hall–Kier alpha value is -1.16. The Morgan fingerprint density at radius 3 is 2.68 bits per heavy atom. The highest BCUT2D eigenvalue weighted by Crippen LogP contribution is 2.64. The van der Waals surface area contributed by atoms with Gasteiger partial charge in [0.25, 0.3) is 0 Å². The van der Waals surface area contributed by atoms with Crippen molar-refractivity contribution in [3.63, 3.8) is 0 Å². The summed E-state index contributed by atoms with van der Waals surface area (Å²) in [5, 5.41) is 9.98. The van der Waals surface area contributed by atoms with Gasteiger partial charge in [-0.05, 0) is 54.8 Å². The fraction of sp³-hybridized carbons (Fsp3) is 0.762. The SMILES string of the molecule is CC(=O)O[C@H]1[C@H](F)C[C@H]2[C@@H]3C=CC4C[C@@H](O)C=C[C@]4(C)[C@H]3CC[C@@]21C. The molecule has 0 aromatic carbocycles. The van der Waals surface area contributed by atoms with Crippen LogP contribution in [0.4, 0.5) is 4.39 Å². The van der Waals surface area contributed by atoms with E-state index < -0.39 is 12.3 Å². The van der Waals surface area contributed by atoms with Crippen LogP contribution in [-0.4, -0.2) is 29.5 Å². The first kappa shape index (κ1) is 17.3. The average Bonchev–Trinajstić information content (AvgIpc) is 2.79. The molecule has 25 heavy (non-hydrogen) atoms. The van der Waals surface area contributed by atoms with Gasteiger partial charge in [0, 0.05) is 12.3 Å². The average molecular weight is 348 g/mol. The lowest BCUT2D eigenvalue weighted by Crippen LogP contribution is -2.52. The summed E-state index contributed by atoms with van der Waals surface area (Å²) >= 11 is 0. The minimum absolute atomic E-state index is 0.0330. The van der Waals surface area contributed by atoms with Gasteiger partial charge in [-0.3, -0.25) is 4.79 Å². The third-order valence-corrected chi connectivity index (χ3v) is 7.86. The topological polar surface area (TPSA) is 46.5 Å². The van der Waals surface area contributed by atoms with Gasteiger partial charge in [-0.2, -0.15) is 0 Å². The lowest BCUT2D eigenvalue weighted by molar-refractivity contribution is -0.159. The first-order valence-electron chi connectivity index (χ1n) is 9.63. The first-order valence-corrected chi connectivity index (χ1v) is 9.63. The van der Waals surface area contributed by atoms with Crippen molar-refractivity contribution in [2.75, 3.05) is 0 Å². The molecule has 2 fully saturated rings. The number of ether oxygens (including phenoxy) is 1. The number of alkyl halides is 1. The van der Waals surface area contributed by atoms with Crippen LogP contribution in [-0.2, 0) is 9.53 Å². The van der Waals surface area contributed by atoms with Crippen molar-refractivity contribution in [1.29, 1.82) is 0 Å². The Balaban J connectivity index is 1.67. The van der Waals surface area contributed by atoms with Crippen molar-refractivity contribution in [3.05, 3.63) is 24.3 Å². The molecule has 0 radical (unpaired) electrons. The largest absolute Gasteiger partial charge is 0.459 e. The minimum atomic E-state index is -1.07. The van der Waals surface area contributed by atoms with E-state index in [9.17, 15) is 14.3 Å². The molecule has 0 aromatic heterocycles. The van der Waals surface area contributed by atoms with Crippen LogP contribution in [0.3, 0.4) is 0 Å². The van der Waals surface area contributed by atoms with E-state index in [4.69, 9.17) is 4.74 Å². The molecule has 4 aliphatic rings. The summed E-state index contributed by atoms with van der Waals surface area (Å²) in [4.78, 5) is 11.5. The maximum Gasteiger partial charge on any atom is 0.303 e. The number of carbonyl (C=O) groups excluding carboxylic acids is 1. The third kappa shape index (κ3) is 2.43. The number of esters is 1. The van der Waals surface area contributed by atoms with Gasteiger partial charge < -0.3 is 9.84 Å². The van der Waals surface area contributed by atoms with Crippen molar-refractivity contribution >= 4 is 5.97 Å². The summed E-state index contributed by atoms with van der Waals surface area (Å²) in [6.45, 7) is 5.79. The van der Waals surface area contributed by atoms with Gasteiger partial charge >= 0.3 is 5.97 Å². The quantitative estimate of drug-likeness (QED) is 0.579. The lowest BCUT2D eigenvalue weighted by atomic mass is 9.48. The second kappa shape index (κ2) is 5.67. The van der Waals surface area contributed by atoms with Crippen molar-refractivity contribution in [1.82, 2.24) is 0 Å². The summed E-state index contributed by atoms with van der Waals surface area (Å²) in [7, 11) is 0. The molecule has 0 spiro atoms. The number of hydrogen-bond acceptors (Lipinski definition) is 3. The summed E-state index contributed by atoms with van der Waals surface area (Å²) in [5.74, 6) is 0.961. The number of rotatable bonds is 1. The Labute approximate surface area is 149 Å². The van der Waals surface area contributed by atoms with Gasteiger partial charge in [0.2, 0.25) is 0 Å². The molecule has 0 bridgehead atoms. The second-order valence-corrected chi connectivity index (χ2v) is 9.14. The van der Waals surface area contributed by atoms with Gasteiger partial charge in [-0.15, -0.1) is 0 Å². The zero-order chi connectivity index (χ0) is 18.0. The van der Waals surface area contributed by atoms with E-state index in [2.05, 4.69) is 32.1 Å². The highest BCUT2D eigenvalue weighted by molar-refractivity contribution is 5.66. The van der Waals surface area contributed by atoms with E-state index in [1.165, 1.54) is 6.92 Å². The van der Waals surface area contributed by atoms with Gasteiger partial charge in [-0.1, -0.05) is 38.2 Å². The fourth-order valence-corrected chi connectivity index (χ4v) is 6.49. The van der Waals surface area contributed by atoms with Crippen LogP contribution in [0.1, 0.15) is 46.5 Å². The molecule has 9 atom stereocenters. The molecular weight excluding hydrogens is 319 g/mol. The number of fused-ring (bicyclic) bond motifs is 5. The van der Waals surface area contributed by atoms with Crippen LogP contribution < -0.4 is 0 Å². The van der Waals surface area contributed by atoms with Gasteiger partial charge in [-0.25, -0.2) is 4.39 Å². The molecule has 1 unspecified atom stereocenters. The molecule has 0 aliphatic heterocycles. The summed E-state index contributed by atoms with van der Waals surface area (Å²) < 4.78 is 20.2. The number of aliphatic hydroxyl groups excluding tert-OH is 1. The predicted molar refractivity (Wildman–Crippen MR) is 93.4 cm³/mol. The standard InChI is InChI=1S/C21H29FO3/c1-12(23)25-19-18(22)11-17-15-5-4-13-10-14(24)6-8-20(13,2)16(15)7-9-21(17,19)3/h4-6,8,13-19,24H,7,9-11H2,1-3H3/t13?,14-,15+,16-,17-,18+,19-,20-,21-/m0/s1. The first-order chi connectivity index (χ1) is 11.8. The maximum absolute atomic E-state index is 14.8. The zero-order valence-electron chi connectivity index (χ0n) is 15.3. The molecule has 2 saturated carbocycles. The predicted octanol–water partition coefficient (Wildman–Crippen LogP) is 3.82. The number of hydrogen-bond donors (Lipinski definition) is 1. The van der Waals surface area contributed by atoms with E-state index in [1.807, 2.05) is 6.08 Å². The lowest BCUT2D eigenvalue weighted by Gasteiger charge is -2.56. The van der Waals surface area contributed by atoms with Gasteiger partial charge in [0.15, 0.2) is 0 Å². The Kier molecular flexibility index (Phi) is 3.91. The second-order valence-electron chi connectivity index (χ2n) is 9.14. The van der Waals surface area contributed by atoms with E-state index in [-0.39, 0.29) is 28.8 Å². The molecule has 0 aromatic rings. The normalized spacial score (nSPS) is 53.7. The van der Waals surface area contributed by atoms with Crippen molar-refractivity contribution in [2.24, 2.45) is 34.5 Å². The number of carbonyl (C=O) groups is 1. The molecule has 1 N–H and O–H groups in total. The molecule has 3 nitrogen and oxygen atoms in total. The number of halogens is 1. The van der Waals surface area contributed by atoms with Gasteiger partial charge in [0.05, 0.1) is 6.10 Å². The van der Waals surface area contributed by atoms with Crippen LogP contribution in [0, 0.1) is 34.5 Å². The van der Waals surface area contributed by atoms with E-state index >= 15 is 0 Å². The molecule has 4 aliphatic carbocycles. The zero-order valence-corrected chi connectivity index (χ0v) is 15.3. The van der Waals surface area contributed by atoms with E-state index in [0.717, 1.165) is 19.3 Å². The van der Waals surface area contributed by atoms with Crippen LogP contribution in [0.15, 0.2) is 24.3 Å². The van der Waals surface area contributed by atoms with Crippen molar-refractivity contribution in [2.45, 2.75) is 64.8 Å². The van der Waals surface area contributed by atoms with Crippen LogP contribution in [0.5, 0.6) is 0 Å². The highest BCUT2D eigenvalue weighted by Gasteiger charge is 2.62. The van der Waals surface area contributed by atoms with Gasteiger partial charge in [0.1, 0.15) is 12.3 Å². The number of allylic oxidation sites excluding steroid dienone is 3. The molecule has 4 heteroatoms. The fourth-order valence-electron chi connectivity index (χ4n) is 6.49. The molecular formula is C21H29FO3. The molecule has 138 valence electrons. The third-order valence-electron chi connectivity index (χ3n) is 7.86. The Bertz CT molecular complexity index is 629. The molecule has 0 heterocycles. The van der Waals surface area contributed by atoms with E-state index in [1.54, 1.807) is 0 Å². The molecule has 0 amide bonds. The minimum Gasteiger partial charge on any atom is -0.459 e. The van der Waals surface area contributed by atoms with E-state index in [0.29, 0.717) is 24.2 Å². The maximum atomic E-state index is 14.8. The van der Waals surface area contributed by atoms with Crippen LogP contribution >= 0.6 is 0 Å². The Morgan fingerprint density at radius 2 is 1.96 bits per heavy atom. The Morgan fingerprint density at radius 1 is 1.20 bits per heavy atom. The monoisotopic (exact) mass is 348 g/mol. The van der Waals surface area contributed by atoms with Crippen molar-refractivity contribution < 1.29 is 19.0 Å². The summed E-state index contributed by atoms with van der Waals surface area (Å²) in [5.41, 5.74) is -0.247. The number of aliphatic hydroxyl groups is 1. The summed E-state index contributed by atoms with van der Waals surface area (Å²) in [6.07, 6.45) is 9.81. The smallest absolute Gasteiger partial charge is 0.303 e. The van der Waals surface area contributed by atoms with Crippen LogP contribution in [0.25, 0.3) is 0 Å². The highest BCUT2D eigenvalue weighted by atomic mass is 19.1. The molecule has 4 rings (SSSR count).